The zero-order valence-electron chi connectivity index (χ0n) is 14.8. The summed E-state index contributed by atoms with van der Waals surface area (Å²) in [5, 5.41) is 0. The molecular weight excluding hydrogens is 280 g/mol. The molecule has 4 heteroatoms. The maximum absolute atomic E-state index is 12.2. The Balaban J connectivity index is 4.97. The number of hydrogen-bond acceptors (Lipinski definition) is 4. The first-order chi connectivity index (χ1) is 10.3. The fourth-order valence-electron chi connectivity index (χ4n) is 2.31. The van der Waals surface area contributed by atoms with Gasteiger partial charge in [-0.05, 0) is 46.5 Å². The SMILES string of the molecule is C=CCC(CCCC)CC(C(=O)OC(C)C)C(=O)OC(C)C. The van der Waals surface area contributed by atoms with Crippen molar-refractivity contribution in [3.8, 4) is 0 Å². The molecule has 0 heterocycles. The zero-order chi connectivity index (χ0) is 17.1. The second kappa shape index (κ2) is 11.3. The molecule has 0 aliphatic carbocycles. The van der Waals surface area contributed by atoms with Gasteiger partial charge in [0, 0.05) is 0 Å². The number of ether oxygens (including phenoxy) is 2. The van der Waals surface area contributed by atoms with Crippen molar-refractivity contribution in [3.63, 3.8) is 0 Å². The standard InChI is InChI=1S/C18H32O4/c1-7-9-11-15(10-8-2)12-16(17(19)21-13(3)4)18(20)22-14(5)6/h8,13-16H,2,7,9-12H2,1,3-6H3. The molecule has 1 unspecified atom stereocenters. The van der Waals surface area contributed by atoms with Crippen LogP contribution >= 0.6 is 0 Å². The van der Waals surface area contributed by atoms with Gasteiger partial charge in [0.05, 0.1) is 12.2 Å². The predicted molar refractivity (Wildman–Crippen MR) is 88.4 cm³/mol. The number of allylic oxidation sites excluding steroid dienone is 1. The monoisotopic (exact) mass is 312 g/mol. The minimum atomic E-state index is -0.841. The van der Waals surface area contributed by atoms with Crippen LogP contribution in [-0.2, 0) is 19.1 Å². The third-order valence-electron chi connectivity index (χ3n) is 3.31. The summed E-state index contributed by atoms with van der Waals surface area (Å²) < 4.78 is 10.5. The van der Waals surface area contributed by atoms with Crippen molar-refractivity contribution < 1.29 is 19.1 Å². The summed E-state index contributed by atoms with van der Waals surface area (Å²) in [6.07, 6.45) is 5.76. The second-order valence-corrected chi connectivity index (χ2v) is 6.29. The Morgan fingerprint density at radius 3 is 1.91 bits per heavy atom. The number of rotatable bonds is 11. The van der Waals surface area contributed by atoms with E-state index in [0.29, 0.717) is 6.42 Å². The highest BCUT2D eigenvalue weighted by Gasteiger charge is 2.33. The van der Waals surface area contributed by atoms with Crippen LogP contribution in [0, 0.1) is 11.8 Å². The van der Waals surface area contributed by atoms with E-state index in [0.717, 1.165) is 25.7 Å². The van der Waals surface area contributed by atoms with Crippen molar-refractivity contribution in [2.75, 3.05) is 0 Å². The first-order valence-electron chi connectivity index (χ1n) is 8.33. The number of hydrogen-bond donors (Lipinski definition) is 0. The predicted octanol–water partition coefficient (Wildman–Crippen LogP) is 4.28. The lowest BCUT2D eigenvalue weighted by atomic mass is 9.88. The molecule has 128 valence electrons. The van der Waals surface area contributed by atoms with Gasteiger partial charge in [0.2, 0.25) is 0 Å². The third-order valence-corrected chi connectivity index (χ3v) is 3.31. The molecule has 22 heavy (non-hydrogen) atoms. The van der Waals surface area contributed by atoms with Crippen LogP contribution in [0.2, 0.25) is 0 Å². The van der Waals surface area contributed by atoms with Crippen LogP contribution < -0.4 is 0 Å². The van der Waals surface area contributed by atoms with Gasteiger partial charge in [-0.25, -0.2) is 0 Å². The fourth-order valence-corrected chi connectivity index (χ4v) is 2.31. The molecule has 0 spiro atoms. The van der Waals surface area contributed by atoms with Crippen molar-refractivity contribution >= 4 is 11.9 Å². The Hall–Kier alpha value is -1.32. The average molecular weight is 312 g/mol. The van der Waals surface area contributed by atoms with E-state index < -0.39 is 17.9 Å². The topological polar surface area (TPSA) is 52.6 Å². The summed E-state index contributed by atoms with van der Waals surface area (Å²) in [7, 11) is 0. The summed E-state index contributed by atoms with van der Waals surface area (Å²) in [5.41, 5.74) is 0. The zero-order valence-corrected chi connectivity index (χ0v) is 14.8. The Bertz CT molecular complexity index is 325. The highest BCUT2D eigenvalue weighted by molar-refractivity contribution is 5.95. The Morgan fingerprint density at radius 1 is 1.05 bits per heavy atom. The van der Waals surface area contributed by atoms with E-state index in [1.807, 2.05) is 6.08 Å². The van der Waals surface area contributed by atoms with Gasteiger partial charge in [0.1, 0.15) is 0 Å². The first-order valence-corrected chi connectivity index (χ1v) is 8.33. The first kappa shape index (κ1) is 20.7. The molecule has 0 fully saturated rings. The number of esters is 2. The van der Waals surface area contributed by atoms with E-state index in [1.165, 1.54) is 0 Å². The molecular formula is C18H32O4. The van der Waals surface area contributed by atoms with Crippen LogP contribution in [0.4, 0.5) is 0 Å². The molecule has 0 amide bonds. The van der Waals surface area contributed by atoms with Gasteiger partial charge in [-0.2, -0.15) is 0 Å². The number of carbonyl (C=O) groups is 2. The summed E-state index contributed by atoms with van der Waals surface area (Å²) >= 11 is 0. The van der Waals surface area contributed by atoms with Crippen molar-refractivity contribution in [1.29, 1.82) is 0 Å². The van der Waals surface area contributed by atoms with Crippen molar-refractivity contribution in [1.82, 2.24) is 0 Å². The molecule has 0 saturated heterocycles. The Labute approximate surface area is 135 Å². The van der Waals surface area contributed by atoms with Crippen molar-refractivity contribution in [2.24, 2.45) is 11.8 Å². The molecule has 0 bridgehead atoms. The molecule has 0 aromatic carbocycles. The van der Waals surface area contributed by atoms with Gasteiger partial charge in [0.25, 0.3) is 0 Å². The van der Waals surface area contributed by atoms with E-state index in [1.54, 1.807) is 27.7 Å². The second-order valence-electron chi connectivity index (χ2n) is 6.29. The highest BCUT2D eigenvalue weighted by atomic mass is 16.6. The minimum Gasteiger partial charge on any atom is -0.462 e. The van der Waals surface area contributed by atoms with Crippen LogP contribution in [0.3, 0.4) is 0 Å². The minimum absolute atomic E-state index is 0.240. The van der Waals surface area contributed by atoms with Crippen molar-refractivity contribution in [2.45, 2.75) is 78.9 Å². The molecule has 0 aromatic heterocycles. The van der Waals surface area contributed by atoms with Crippen LogP contribution in [0.1, 0.15) is 66.7 Å². The lowest BCUT2D eigenvalue weighted by Gasteiger charge is -2.22. The number of carbonyl (C=O) groups excluding carboxylic acids is 2. The summed E-state index contributed by atoms with van der Waals surface area (Å²) in [4.78, 5) is 24.5. The van der Waals surface area contributed by atoms with E-state index in [9.17, 15) is 9.59 Å². The summed E-state index contributed by atoms with van der Waals surface area (Å²) in [6, 6.07) is 0. The maximum atomic E-state index is 12.2. The molecule has 0 aliphatic rings. The summed E-state index contributed by atoms with van der Waals surface area (Å²) in [5.74, 6) is -1.55. The lowest BCUT2D eigenvalue weighted by Crippen LogP contribution is -2.32. The van der Waals surface area contributed by atoms with Crippen LogP contribution in [0.15, 0.2) is 12.7 Å². The quantitative estimate of drug-likeness (QED) is 0.325. The van der Waals surface area contributed by atoms with Crippen LogP contribution in [-0.4, -0.2) is 24.1 Å². The maximum Gasteiger partial charge on any atom is 0.320 e. The molecule has 1 atom stereocenters. The van der Waals surface area contributed by atoms with Crippen LogP contribution in [0.5, 0.6) is 0 Å². The normalized spacial score (nSPS) is 12.5. The van der Waals surface area contributed by atoms with E-state index in [4.69, 9.17) is 9.47 Å². The smallest absolute Gasteiger partial charge is 0.320 e. The molecule has 0 saturated carbocycles. The van der Waals surface area contributed by atoms with Gasteiger partial charge in [-0.1, -0.05) is 32.3 Å². The average Bonchev–Trinajstić information content (AvgIpc) is 2.39. The van der Waals surface area contributed by atoms with Crippen LogP contribution in [0.25, 0.3) is 0 Å². The highest BCUT2D eigenvalue weighted by Crippen LogP contribution is 2.25. The fraction of sp³-hybridized carbons (Fsp3) is 0.778. The van der Waals surface area contributed by atoms with Gasteiger partial charge in [0.15, 0.2) is 5.92 Å². The summed E-state index contributed by atoms with van der Waals surface area (Å²) in [6.45, 7) is 13.0. The molecule has 0 aliphatic heterocycles. The largest absolute Gasteiger partial charge is 0.462 e. The molecule has 4 nitrogen and oxygen atoms in total. The molecule has 0 radical (unpaired) electrons. The van der Waals surface area contributed by atoms with Gasteiger partial charge in [-0.3, -0.25) is 9.59 Å². The van der Waals surface area contributed by atoms with E-state index in [-0.39, 0.29) is 18.1 Å². The van der Waals surface area contributed by atoms with Gasteiger partial charge in [-0.15, -0.1) is 6.58 Å². The van der Waals surface area contributed by atoms with Crippen molar-refractivity contribution in [3.05, 3.63) is 12.7 Å². The Kier molecular flexibility index (Phi) is 10.6. The Morgan fingerprint density at radius 2 is 1.55 bits per heavy atom. The molecule has 0 rings (SSSR count). The third kappa shape index (κ3) is 8.85. The van der Waals surface area contributed by atoms with Gasteiger partial charge >= 0.3 is 11.9 Å². The lowest BCUT2D eigenvalue weighted by molar-refractivity contribution is -0.167. The van der Waals surface area contributed by atoms with E-state index in [2.05, 4.69) is 13.5 Å². The number of unbranched alkanes of at least 4 members (excludes halogenated alkanes) is 1. The molecule has 0 N–H and O–H groups in total. The van der Waals surface area contributed by atoms with E-state index >= 15 is 0 Å². The van der Waals surface area contributed by atoms with Gasteiger partial charge < -0.3 is 9.47 Å². The molecule has 0 aromatic rings.